The average molecular weight is 359 g/mol. The number of piperidine rings is 1. The zero-order valence-corrected chi connectivity index (χ0v) is 15.0. The summed E-state index contributed by atoms with van der Waals surface area (Å²) in [7, 11) is 0. The van der Waals surface area contributed by atoms with Crippen molar-refractivity contribution in [2.45, 2.75) is 18.8 Å². The number of carbonyl (C=O) groups excluding carboxylic acids is 1. The Bertz CT molecular complexity index is 901. The van der Waals surface area contributed by atoms with E-state index in [2.05, 4.69) is 15.3 Å². The molecule has 0 spiro atoms. The van der Waals surface area contributed by atoms with E-state index < -0.39 is 0 Å². The molecule has 6 nitrogen and oxygen atoms in total. The number of rotatable bonds is 4. The van der Waals surface area contributed by atoms with Crippen LogP contribution in [-0.4, -0.2) is 38.8 Å². The predicted octanol–water partition coefficient (Wildman–Crippen LogP) is 3.64. The van der Waals surface area contributed by atoms with E-state index in [0.717, 1.165) is 36.5 Å². The average Bonchev–Trinajstić information content (AvgIpc) is 2.75. The van der Waals surface area contributed by atoms with Crippen LogP contribution in [0.2, 0.25) is 0 Å². The van der Waals surface area contributed by atoms with Crippen LogP contribution >= 0.6 is 0 Å². The van der Waals surface area contributed by atoms with E-state index in [0.29, 0.717) is 12.4 Å². The molecule has 0 aliphatic carbocycles. The number of likely N-dealkylation sites (tertiary alicyclic amines) is 1. The Balaban J connectivity index is 1.48. The maximum atomic E-state index is 12.8. The molecule has 1 fully saturated rings. The summed E-state index contributed by atoms with van der Waals surface area (Å²) in [6.07, 6.45) is 6.94. The first kappa shape index (κ1) is 17.1. The largest absolute Gasteiger partial charge is 0.338 e. The monoisotopic (exact) mass is 359 g/mol. The van der Waals surface area contributed by atoms with Crippen LogP contribution in [0, 0.1) is 0 Å². The Hall–Kier alpha value is -3.28. The molecular weight excluding hydrogens is 338 g/mol. The minimum absolute atomic E-state index is 0.0918. The van der Waals surface area contributed by atoms with Gasteiger partial charge in [0.15, 0.2) is 0 Å². The van der Waals surface area contributed by atoms with Gasteiger partial charge in [0.1, 0.15) is 11.6 Å². The normalized spacial score (nSPS) is 16.7. The first-order valence-corrected chi connectivity index (χ1v) is 9.14. The number of aromatic nitrogens is 3. The van der Waals surface area contributed by atoms with Crippen molar-refractivity contribution in [1.29, 1.82) is 0 Å². The van der Waals surface area contributed by atoms with Gasteiger partial charge in [0, 0.05) is 42.7 Å². The summed E-state index contributed by atoms with van der Waals surface area (Å²) in [4.78, 5) is 27.7. The second-order valence-electron chi connectivity index (χ2n) is 6.62. The third-order valence-electron chi connectivity index (χ3n) is 4.74. The zero-order valence-electron chi connectivity index (χ0n) is 15.0. The van der Waals surface area contributed by atoms with Crippen molar-refractivity contribution < 1.29 is 4.79 Å². The van der Waals surface area contributed by atoms with Crippen molar-refractivity contribution in [3.63, 3.8) is 0 Å². The van der Waals surface area contributed by atoms with Crippen LogP contribution in [0.5, 0.6) is 0 Å². The molecule has 4 rings (SSSR count). The Labute approximate surface area is 158 Å². The second kappa shape index (κ2) is 7.95. The minimum atomic E-state index is 0.0918. The van der Waals surface area contributed by atoms with Gasteiger partial charge in [-0.25, -0.2) is 9.97 Å². The maximum Gasteiger partial charge on any atom is 0.253 e. The molecule has 0 unspecified atom stereocenters. The van der Waals surface area contributed by atoms with Gasteiger partial charge in [-0.3, -0.25) is 9.78 Å². The van der Waals surface area contributed by atoms with E-state index in [4.69, 9.17) is 4.98 Å². The lowest BCUT2D eigenvalue weighted by molar-refractivity contribution is 0.0706. The number of hydrogen-bond donors (Lipinski definition) is 1. The Morgan fingerprint density at radius 1 is 1.04 bits per heavy atom. The van der Waals surface area contributed by atoms with E-state index in [-0.39, 0.29) is 11.8 Å². The molecule has 1 aliphatic heterocycles. The minimum Gasteiger partial charge on any atom is -0.338 e. The molecule has 3 aromatic rings. The van der Waals surface area contributed by atoms with E-state index in [1.54, 1.807) is 18.6 Å². The van der Waals surface area contributed by atoms with Crippen molar-refractivity contribution >= 4 is 17.5 Å². The Morgan fingerprint density at radius 2 is 1.93 bits per heavy atom. The Morgan fingerprint density at radius 3 is 2.74 bits per heavy atom. The lowest BCUT2D eigenvalue weighted by atomic mass is 9.93. The molecule has 1 aromatic carbocycles. The van der Waals surface area contributed by atoms with E-state index >= 15 is 0 Å². The molecule has 2 aromatic heterocycles. The second-order valence-corrected chi connectivity index (χ2v) is 6.62. The summed E-state index contributed by atoms with van der Waals surface area (Å²) >= 11 is 0. The third-order valence-corrected chi connectivity index (χ3v) is 4.74. The van der Waals surface area contributed by atoms with Crippen molar-refractivity contribution in [2.75, 3.05) is 18.4 Å². The highest BCUT2D eigenvalue weighted by molar-refractivity contribution is 5.94. The van der Waals surface area contributed by atoms with Crippen molar-refractivity contribution in [3.8, 4) is 0 Å². The molecule has 1 aliphatic rings. The maximum absolute atomic E-state index is 12.8. The van der Waals surface area contributed by atoms with E-state index in [9.17, 15) is 4.79 Å². The lowest BCUT2D eigenvalue weighted by Gasteiger charge is -2.32. The van der Waals surface area contributed by atoms with Crippen molar-refractivity contribution in [1.82, 2.24) is 19.9 Å². The summed E-state index contributed by atoms with van der Waals surface area (Å²) in [5.41, 5.74) is 1.73. The fraction of sp³-hybridized carbons (Fsp3) is 0.238. The van der Waals surface area contributed by atoms with Crippen LogP contribution in [0.4, 0.5) is 11.6 Å². The summed E-state index contributed by atoms with van der Waals surface area (Å²) in [5.74, 6) is 1.72. The molecule has 1 amide bonds. The molecule has 6 heteroatoms. The highest BCUT2D eigenvalue weighted by Gasteiger charge is 2.26. The zero-order chi connectivity index (χ0) is 18.5. The number of carbonyl (C=O) groups is 1. The van der Waals surface area contributed by atoms with Crippen LogP contribution < -0.4 is 5.32 Å². The topological polar surface area (TPSA) is 71.0 Å². The number of amides is 1. The SMILES string of the molecule is O=C(c1ccccc1)N1CCC[C@@H](c2cccc(Nc3cnccn3)n2)C1. The molecule has 0 radical (unpaired) electrons. The van der Waals surface area contributed by atoms with Crippen molar-refractivity contribution in [3.05, 3.63) is 78.4 Å². The molecular formula is C21H21N5O. The molecule has 0 saturated carbocycles. The third kappa shape index (κ3) is 4.11. The van der Waals surface area contributed by atoms with Crippen LogP contribution in [0.3, 0.4) is 0 Å². The highest BCUT2D eigenvalue weighted by Crippen LogP contribution is 2.27. The number of anilines is 2. The van der Waals surface area contributed by atoms with Crippen LogP contribution in [0.25, 0.3) is 0 Å². The molecule has 3 heterocycles. The van der Waals surface area contributed by atoms with Crippen molar-refractivity contribution in [2.24, 2.45) is 0 Å². The van der Waals surface area contributed by atoms with Gasteiger partial charge < -0.3 is 10.2 Å². The molecule has 1 saturated heterocycles. The molecule has 0 bridgehead atoms. The molecule has 27 heavy (non-hydrogen) atoms. The van der Waals surface area contributed by atoms with Crippen LogP contribution in [-0.2, 0) is 0 Å². The summed E-state index contributed by atoms with van der Waals surface area (Å²) in [5, 5.41) is 3.18. The summed E-state index contributed by atoms with van der Waals surface area (Å²) in [6.45, 7) is 1.48. The smallest absolute Gasteiger partial charge is 0.253 e. The van der Waals surface area contributed by atoms with E-state index in [1.165, 1.54) is 0 Å². The van der Waals surface area contributed by atoms with Gasteiger partial charge >= 0.3 is 0 Å². The summed E-state index contributed by atoms with van der Waals surface area (Å²) in [6, 6.07) is 15.4. The van der Waals surface area contributed by atoms with Gasteiger partial charge in [0.25, 0.3) is 5.91 Å². The van der Waals surface area contributed by atoms with Crippen LogP contribution in [0.1, 0.15) is 34.8 Å². The molecule has 1 atom stereocenters. The van der Waals surface area contributed by atoms with Gasteiger partial charge in [-0.15, -0.1) is 0 Å². The Kier molecular flexibility index (Phi) is 5.05. The summed E-state index contributed by atoms with van der Waals surface area (Å²) < 4.78 is 0. The molecule has 136 valence electrons. The fourth-order valence-corrected chi connectivity index (χ4v) is 3.41. The number of benzene rings is 1. The first-order valence-electron chi connectivity index (χ1n) is 9.14. The highest BCUT2D eigenvalue weighted by atomic mass is 16.2. The number of nitrogens with zero attached hydrogens (tertiary/aromatic N) is 4. The van der Waals surface area contributed by atoms with Gasteiger partial charge in [0.2, 0.25) is 0 Å². The molecule has 1 N–H and O–H groups in total. The number of hydrogen-bond acceptors (Lipinski definition) is 5. The van der Waals surface area contributed by atoms with Gasteiger partial charge in [-0.1, -0.05) is 24.3 Å². The van der Waals surface area contributed by atoms with Crippen LogP contribution in [0.15, 0.2) is 67.1 Å². The van der Waals surface area contributed by atoms with Gasteiger partial charge in [-0.05, 0) is 37.1 Å². The van der Waals surface area contributed by atoms with E-state index in [1.807, 2.05) is 53.4 Å². The number of pyridine rings is 1. The quantitative estimate of drug-likeness (QED) is 0.770. The number of nitrogens with one attached hydrogen (secondary N) is 1. The predicted molar refractivity (Wildman–Crippen MR) is 104 cm³/mol. The van der Waals surface area contributed by atoms with Gasteiger partial charge in [-0.2, -0.15) is 0 Å². The van der Waals surface area contributed by atoms with Gasteiger partial charge in [0.05, 0.1) is 6.20 Å². The standard InChI is InChI=1S/C21H21N5O/c27-21(16-6-2-1-3-7-16)26-13-5-8-17(15-26)18-9-4-10-19(24-18)25-20-14-22-11-12-23-20/h1-4,6-7,9-12,14,17H,5,8,13,15H2,(H,23,24,25)/t17-/m1/s1. The lowest BCUT2D eigenvalue weighted by Crippen LogP contribution is -2.39. The first-order chi connectivity index (χ1) is 13.3. The fourth-order valence-electron chi connectivity index (χ4n) is 3.41.